The van der Waals surface area contributed by atoms with Gasteiger partial charge in [-0.15, -0.1) is 0 Å². The van der Waals surface area contributed by atoms with E-state index in [1.54, 1.807) is 30.3 Å². The van der Waals surface area contributed by atoms with Gasteiger partial charge < -0.3 is 10.1 Å². The smallest absolute Gasteiger partial charge is 0.255 e. The van der Waals surface area contributed by atoms with Gasteiger partial charge in [0.25, 0.3) is 5.91 Å². The lowest BCUT2D eigenvalue weighted by Gasteiger charge is -2.09. The van der Waals surface area contributed by atoms with Crippen LogP contribution in [0.3, 0.4) is 0 Å². The van der Waals surface area contributed by atoms with Crippen LogP contribution in [-0.4, -0.2) is 11.7 Å². The average molecular weight is 363 g/mol. The van der Waals surface area contributed by atoms with Crippen molar-refractivity contribution in [3.8, 4) is 5.75 Å². The van der Waals surface area contributed by atoms with E-state index in [9.17, 15) is 14.0 Å². The first-order valence-corrected chi connectivity index (χ1v) is 8.41. The van der Waals surface area contributed by atoms with E-state index in [-0.39, 0.29) is 23.9 Å². The summed E-state index contributed by atoms with van der Waals surface area (Å²) in [4.78, 5) is 23.5. The SMILES string of the molecule is CC(=O)c1ccc(OCc2ccc(C(=O)Nc3ccccc3)cc2)cc1F. The van der Waals surface area contributed by atoms with E-state index in [0.29, 0.717) is 11.3 Å². The first-order chi connectivity index (χ1) is 13.0. The normalized spacial score (nSPS) is 10.3. The molecule has 0 aliphatic rings. The van der Waals surface area contributed by atoms with Crippen molar-refractivity contribution in [2.75, 3.05) is 5.32 Å². The number of benzene rings is 3. The molecule has 1 amide bonds. The summed E-state index contributed by atoms with van der Waals surface area (Å²) in [7, 11) is 0. The highest BCUT2D eigenvalue weighted by atomic mass is 19.1. The fraction of sp³-hybridized carbons (Fsp3) is 0.0909. The van der Waals surface area contributed by atoms with Gasteiger partial charge in [-0.3, -0.25) is 9.59 Å². The number of nitrogens with one attached hydrogen (secondary N) is 1. The van der Waals surface area contributed by atoms with Gasteiger partial charge in [-0.25, -0.2) is 4.39 Å². The Bertz CT molecular complexity index is 953. The number of carbonyl (C=O) groups is 2. The summed E-state index contributed by atoms with van der Waals surface area (Å²) in [5, 5.41) is 2.82. The second kappa shape index (κ2) is 8.27. The highest BCUT2D eigenvalue weighted by Gasteiger charge is 2.09. The molecule has 0 spiro atoms. The summed E-state index contributed by atoms with van der Waals surface area (Å²) in [6.07, 6.45) is 0. The third kappa shape index (κ3) is 4.79. The third-order valence-electron chi connectivity index (χ3n) is 3.97. The molecule has 3 aromatic carbocycles. The maximum absolute atomic E-state index is 13.8. The van der Waals surface area contributed by atoms with E-state index < -0.39 is 5.82 Å². The van der Waals surface area contributed by atoms with Crippen LogP contribution < -0.4 is 10.1 Å². The molecule has 3 rings (SSSR count). The second-order valence-electron chi connectivity index (χ2n) is 6.00. The molecule has 0 atom stereocenters. The minimum atomic E-state index is -0.604. The van der Waals surface area contributed by atoms with Crippen LogP contribution >= 0.6 is 0 Å². The second-order valence-corrected chi connectivity index (χ2v) is 6.00. The first kappa shape index (κ1) is 18.3. The summed E-state index contributed by atoms with van der Waals surface area (Å²) in [6.45, 7) is 1.54. The van der Waals surface area contributed by atoms with Crippen LogP contribution in [0.5, 0.6) is 5.75 Å². The van der Waals surface area contributed by atoms with Gasteiger partial charge in [0.05, 0.1) is 5.56 Å². The molecule has 0 aliphatic carbocycles. The highest BCUT2D eigenvalue weighted by molar-refractivity contribution is 6.04. The van der Waals surface area contributed by atoms with Crippen molar-refractivity contribution in [3.63, 3.8) is 0 Å². The topological polar surface area (TPSA) is 55.4 Å². The summed E-state index contributed by atoms with van der Waals surface area (Å²) in [6, 6.07) is 20.3. The molecule has 0 aliphatic heterocycles. The van der Waals surface area contributed by atoms with E-state index in [4.69, 9.17) is 4.74 Å². The van der Waals surface area contributed by atoms with Gasteiger partial charge in [-0.2, -0.15) is 0 Å². The quantitative estimate of drug-likeness (QED) is 0.636. The number of rotatable bonds is 6. The van der Waals surface area contributed by atoms with E-state index >= 15 is 0 Å². The van der Waals surface area contributed by atoms with Gasteiger partial charge in [0.2, 0.25) is 0 Å². The molecule has 0 radical (unpaired) electrons. The summed E-state index contributed by atoms with van der Waals surface area (Å²) >= 11 is 0. The third-order valence-corrected chi connectivity index (χ3v) is 3.97. The predicted octanol–water partition coefficient (Wildman–Crippen LogP) is 4.86. The lowest BCUT2D eigenvalue weighted by Crippen LogP contribution is -2.11. The maximum atomic E-state index is 13.8. The van der Waals surface area contributed by atoms with E-state index in [1.165, 1.54) is 19.1 Å². The Hall–Kier alpha value is -3.47. The number of para-hydroxylation sites is 1. The minimum Gasteiger partial charge on any atom is -0.489 e. The van der Waals surface area contributed by atoms with Crippen LogP contribution in [0.2, 0.25) is 0 Å². The molecule has 27 heavy (non-hydrogen) atoms. The Balaban J connectivity index is 1.60. The number of hydrogen-bond acceptors (Lipinski definition) is 3. The highest BCUT2D eigenvalue weighted by Crippen LogP contribution is 2.19. The molecular weight excluding hydrogens is 345 g/mol. The van der Waals surface area contributed by atoms with Crippen LogP contribution in [0.1, 0.15) is 33.2 Å². The van der Waals surface area contributed by atoms with Crippen molar-refractivity contribution in [1.82, 2.24) is 0 Å². The largest absolute Gasteiger partial charge is 0.489 e. The van der Waals surface area contributed by atoms with Gasteiger partial charge >= 0.3 is 0 Å². The van der Waals surface area contributed by atoms with Gasteiger partial charge in [0.1, 0.15) is 18.2 Å². The average Bonchev–Trinajstić information content (AvgIpc) is 2.67. The van der Waals surface area contributed by atoms with E-state index in [2.05, 4.69) is 5.32 Å². The van der Waals surface area contributed by atoms with Crippen LogP contribution in [0.4, 0.5) is 10.1 Å². The van der Waals surface area contributed by atoms with Crippen molar-refractivity contribution in [2.24, 2.45) is 0 Å². The number of anilines is 1. The molecule has 0 heterocycles. The van der Waals surface area contributed by atoms with Crippen molar-refractivity contribution in [2.45, 2.75) is 13.5 Å². The van der Waals surface area contributed by atoms with Crippen LogP contribution in [-0.2, 0) is 6.61 Å². The molecule has 1 N–H and O–H groups in total. The Kier molecular flexibility index (Phi) is 5.61. The Morgan fingerprint density at radius 3 is 2.30 bits per heavy atom. The molecule has 0 saturated heterocycles. The molecule has 0 saturated carbocycles. The van der Waals surface area contributed by atoms with Crippen molar-refractivity contribution in [3.05, 3.63) is 95.3 Å². The van der Waals surface area contributed by atoms with Gasteiger partial charge in [-0.1, -0.05) is 30.3 Å². The fourth-order valence-corrected chi connectivity index (χ4v) is 2.51. The Labute approximate surface area is 156 Å². The number of hydrogen-bond donors (Lipinski definition) is 1. The minimum absolute atomic E-state index is 0.0381. The number of carbonyl (C=O) groups excluding carboxylic acids is 2. The summed E-state index contributed by atoms with van der Waals surface area (Å²) < 4.78 is 19.4. The number of Topliss-reactive ketones (excluding diaryl/α,β-unsaturated/α-hetero) is 1. The monoisotopic (exact) mass is 363 g/mol. The number of ketones is 1. The van der Waals surface area contributed by atoms with Crippen molar-refractivity contribution in [1.29, 1.82) is 0 Å². The Morgan fingerprint density at radius 2 is 1.67 bits per heavy atom. The van der Waals surface area contributed by atoms with Crippen molar-refractivity contribution >= 4 is 17.4 Å². The molecule has 4 nitrogen and oxygen atoms in total. The lowest BCUT2D eigenvalue weighted by atomic mass is 10.1. The van der Waals surface area contributed by atoms with Gasteiger partial charge in [-0.05, 0) is 48.9 Å². The van der Waals surface area contributed by atoms with Crippen molar-refractivity contribution < 1.29 is 18.7 Å². The zero-order valence-electron chi connectivity index (χ0n) is 14.7. The molecule has 0 fully saturated rings. The van der Waals surface area contributed by atoms with Crippen LogP contribution in [0.25, 0.3) is 0 Å². The standard InChI is InChI=1S/C22H18FNO3/c1-15(25)20-12-11-19(13-21(20)23)27-14-16-7-9-17(10-8-16)22(26)24-18-5-3-2-4-6-18/h2-13H,14H2,1H3,(H,24,26). The maximum Gasteiger partial charge on any atom is 0.255 e. The molecule has 0 bridgehead atoms. The zero-order chi connectivity index (χ0) is 19.2. The lowest BCUT2D eigenvalue weighted by molar-refractivity contribution is 0.100. The van der Waals surface area contributed by atoms with Gasteiger partial charge in [0, 0.05) is 17.3 Å². The molecular formula is C22H18FNO3. The molecule has 136 valence electrons. The number of halogens is 1. The summed E-state index contributed by atoms with van der Waals surface area (Å²) in [5.74, 6) is -0.796. The van der Waals surface area contributed by atoms with Gasteiger partial charge in [0.15, 0.2) is 5.78 Å². The molecule has 5 heteroatoms. The zero-order valence-corrected chi connectivity index (χ0v) is 14.7. The number of ether oxygens (including phenoxy) is 1. The van der Waals surface area contributed by atoms with E-state index in [1.807, 2.05) is 30.3 Å². The molecule has 0 aromatic heterocycles. The fourth-order valence-electron chi connectivity index (χ4n) is 2.51. The van der Waals surface area contributed by atoms with E-state index in [0.717, 1.165) is 11.3 Å². The summed E-state index contributed by atoms with van der Waals surface area (Å²) in [5.41, 5.74) is 2.13. The van der Waals surface area contributed by atoms with Crippen LogP contribution in [0.15, 0.2) is 72.8 Å². The first-order valence-electron chi connectivity index (χ1n) is 8.41. The Morgan fingerprint density at radius 1 is 0.963 bits per heavy atom. The predicted molar refractivity (Wildman–Crippen MR) is 102 cm³/mol. The molecule has 0 unspecified atom stereocenters. The number of amides is 1. The molecule has 3 aromatic rings. The van der Waals surface area contributed by atoms with Crippen LogP contribution in [0, 0.1) is 5.82 Å².